The first-order valence-electron chi connectivity index (χ1n) is 6.34. The minimum absolute atomic E-state index is 0.0513. The van der Waals surface area contributed by atoms with Gasteiger partial charge in [0, 0.05) is 11.3 Å². The van der Waals surface area contributed by atoms with Crippen molar-refractivity contribution < 1.29 is 19.1 Å². The standard InChI is InChI=1S/C14H13NO4S/c16-13-3-1-2-12-10(6-7-20-12)15(13)8-9-4-5-11(19-9)14(17)18/h4-7H,1-3,8H2,(H,17,18). The van der Waals surface area contributed by atoms with Gasteiger partial charge in [0.25, 0.3) is 0 Å². The summed E-state index contributed by atoms with van der Waals surface area (Å²) in [5.41, 5.74) is 0.922. The van der Waals surface area contributed by atoms with E-state index in [1.54, 1.807) is 22.3 Å². The third-order valence-electron chi connectivity index (χ3n) is 3.29. The number of carbonyl (C=O) groups excluding carboxylic acids is 1. The molecule has 1 aliphatic rings. The van der Waals surface area contributed by atoms with Crippen LogP contribution in [0.2, 0.25) is 0 Å². The van der Waals surface area contributed by atoms with E-state index in [0.717, 1.165) is 18.5 Å². The smallest absolute Gasteiger partial charge is 0.371 e. The first kappa shape index (κ1) is 12.9. The number of aryl methyl sites for hydroxylation is 1. The minimum Gasteiger partial charge on any atom is -0.475 e. The summed E-state index contributed by atoms with van der Waals surface area (Å²) in [5, 5.41) is 10.8. The molecule has 0 saturated carbocycles. The molecule has 0 fully saturated rings. The summed E-state index contributed by atoms with van der Waals surface area (Å²) in [6.07, 6.45) is 2.27. The average Bonchev–Trinajstić information content (AvgIpc) is 3.02. The Hall–Kier alpha value is -2.08. The Morgan fingerprint density at radius 3 is 2.95 bits per heavy atom. The molecule has 1 aliphatic heterocycles. The van der Waals surface area contributed by atoms with Crippen LogP contribution in [0.1, 0.15) is 34.0 Å². The number of amides is 1. The van der Waals surface area contributed by atoms with E-state index in [2.05, 4.69) is 0 Å². The zero-order chi connectivity index (χ0) is 14.1. The number of anilines is 1. The molecule has 0 unspecified atom stereocenters. The van der Waals surface area contributed by atoms with Crippen LogP contribution in [-0.4, -0.2) is 17.0 Å². The average molecular weight is 291 g/mol. The number of nitrogens with zero attached hydrogens (tertiary/aromatic N) is 1. The molecule has 3 rings (SSSR count). The first-order chi connectivity index (χ1) is 9.65. The van der Waals surface area contributed by atoms with Gasteiger partial charge in [-0.25, -0.2) is 4.79 Å². The third kappa shape index (κ3) is 2.34. The Morgan fingerprint density at radius 1 is 1.35 bits per heavy atom. The van der Waals surface area contributed by atoms with Crippen molar-refractivity contribution in [2.24, 2.45) is 0 Å². The molecule has 5 nitrogen and oxygen atoms in total. The maximum absolute atomic E-state index is 12.2. The highest BCUT2D eigenvalue weighted by atomic mass is 32.1. The molecule has 0 radical (unpaired) electrons. The highest BCUT2D eigenvalue weighted by molar-refractivity contribution is 7.10. The second-order valence-electron chi connectivity index (χ2n) is 4.63. The van der Waals surface area contributed by atoms with Crippen LogP contribution in [0.15, 0.2) is 28.0 Å². The molecular weight excluding hydrogens is 278 g/mol. The SMILES string of the molecule is O=C(O)c1ccc(CN2C(=O)CCCc3sccc32)o1. The predicted molar refractivity (Wildman–Crippen MR) is 74.1 cm³/mol. The van der Waals surface area contributed by atoms with E-state index in [0.29, 0.717) is 12.2 Å². The van der Waals surface area contributed by atoms with Gasteiger partial charge < -0.3 is 14.4 Å². The molecule has 104 valence electrons. The molecule has 0 atom stereocenters. The molecule has 2 aromatic heterocycles. The maximum Gasteiger partial charge on any atom is 0.371 e. The van der Waals surface area contributed by atoms with Gasteiger partial charge in [0.05, 0.1) is 12.2 Å². The van der Waals surface area contributed by atoms with Crippen molar-refractivity contribution in [1.29, 1.82) is 0 Å². The molecule has 6 heteroatoms. The lowest BCUT2D eigenvalue weighted by molar-refractivity contribution is -0.118. The van der Waals surface area contributed by atoms with Gasteiger partial charge in [0.2, 0.25) is 11.7 Å². The van der Waals surface area contributed by atoms with E-state index in [-0.39, 0.29) is 18.2 Å². The second kappa shape index (κ2) is 5.13. The summed E-state index contributed by atoms with van der Waals surface area (Å²) in [6, 6.07) is 4.95. The van der Waals surface area contributed by atoms with Crippen molar-refractivity contribution in [3.05, 3.63) is 40.0 Å². The normalized spacial score (nSPS) is 15.0. The molecule has 0 bridgehead atoms. The lowest BCUT2D eigenvalue weighted by Crippen LogP contribution is -2.29. The van der Waals surface area contributed by atoms with Crippen molar-refractivity contribution in [2.75, 3.05) is 4.90 Å². The number of hydrogen-bond donors (Lipinski definition) is 1. The van der Waals surface area contributed by atoms with Crippen molar-refractivity contribution in [3.63, 3.8) is 0 Å². The lowest BCUT2D eigenvalue weighted by Gasteiger charge is -2.19. The molecule has 0 spiro atoms. The number of aromatic carboxylic acids is 1. The van der Waals surface area contributed by atoms with Crippen LogP contribution >= 0.6 is 11.3 Å². The highest BCUT2D eigenvalue weighted by Crippen LogP contribution is 2.32. The Morgan fingerprint density at radius 2 is 2.20 bits per heavy atom. The van der Waals surface area contributed by atoms with Crippen LogP contribution in [-0.2, 0) is 17.8 Å². The number of carboxylic acids is 1. The highest BCUT2D eigenvalue weighted by Gasteiger charge is 2.24. The Kier molecular flexibility index (Phi) is 3.31. The van der Waals surface area contributed by atoms with E-state index in [9.17, 15) is 9.59 Å². The number of thiophene rings is 1. The summed E-state index contributed by atoms with van der Waals surface area (Å²) in [6.45, 7) is 0.274. The second-order valence-corrected chi connectivity index (χ2v) is 5.63. The predicted octanol–water partition coefficient (Wildman–Crippen LogP) is 2.91. The van der Waals surface area contributed by atoms with E-state index in [1.807, 2.05) is 11.4 Å². The Balaban J connectivity index is 1.88. The van der Waals surface area contributed by atoms with Crippen LogP contribution < -0.4 is 4.90 Å². The van der Waals surface area contributed by atoms with E-state index < -0.39 is 5.97 Å². The molecule has 0 aliphatic carbocycles. The van der Waals surface area contributed by atoms with E-state index in [4.69, 9.17) is 9.52 Å². The van der Waals surface area contributed by atoms with Crippen LogP contribution in [0.5, 0.6) is 0 Å². The molecular formula is C14H13NO4S. The molecule has 1 amide bonds. The van der Waals surface area contributed by atoms with Gasteiger partial charge >= 0.3 is 5.97 Å². The number of furan rings is 1. The van der Waals surface area contributed by atoms with Crippen molar-refractivity contribution >= 4 is 28.9 Å². The Bertz CT molecular complexity index is 658. The zero-order valence-electron chi connectivity index (χ0n) is 10.7. The number of hydrogen-bond acceptors (Lipinski definition) is 4. The zero-order valence-corrected chi connectivity index (χ0v) is 11.5. The number of carboxylic acid groups (broad SMARTS) is 1. The first-order valence-corrected chi connectivity index (χ1v) is 7.22. The summed E-state index contributed by atoms with van der Waals surface area (Å²) < 4.78 is 5.24. The summed E-state index contributed by atoms with van der Waals surface area (Å²) >= 11 is 1.65. The number of fused-ring (bicyclic) bond motifs is 1. The van der Waals surface area contributed by atoms with Gasteiger partial charge in [-0.2, -0.15) is 0 Å². The fraction of sp³-hybridized carbons (Fsp3) is 0.286. The Labute approximate surface area is 119 Å². The topological polar surface area (TPSA) is 70.8 Å². The van der Waals surface area contributed by atoms with Crippen LogP contribution in [0, 0.1) is 0 Å². The van der Waals surface area contributed by atoms with E-state index >= 15 is 0 Å². The van der Waals surface area contributed by atoms with Crippen LogP contribution in [0.4, 0.5) is 5.69 Å². The van der Waals surface area contributed by atoms with Gasteiger partial charge in [-0.3, -0.25) is 4.79 Å². The molecule has 0 saturated heterocycles. The van der Waals surface area contributed by atoms with Crippen LogP contribution in [0.3, 0.4) is 0 Å². The summed E-state index contributed by atoms with van der Waals surface area (Å²) in [4.78, 5) is 25.9. The minimum atomic E-state index is -1.10. The van der Waals surface area contributed by atoms with Gasteiger partial charge in [-0.05, 0) is 36.4 Å². The van der Waals surface area contributed by atoms with Crippen molar-refractivity contribution in [1.82, 2.24) is 0 Å². The molecule has 20 heavy (non-hydrogen) atoms. The lowest BCUT2D eigenvalue weighted by atomic mass is 10.2. The number of rotatable bonds is 3. The molecule has 1 N–H and O–H groups in total. The molecule has 0 aromatic carbocycles. The van der Waals surface area contributed by atoms with Gasteiger partial charge in [-0.15, -0.1) is 11.3 Å². The summed E-state index contributed by atoms with van der Waals surface area (Å²) in [5.74, 6) is -0.673. The maximum atomic E-state index is 12.2. The van der Waals surface area contributed by atoms with Gasteiger partial charge in [0.15, 0.2) is 0 Å². The van der Waals surface area contributed by atoms with Crippen molar-refractivity contribution in [2.45, 2.75) is 25.8 Å². The quantitative estimate of drug-likeness (QED) is 0.944. The summed E-state index contributed by atoms with van der Waals surface area (Å²) in [7, 11) is 0. The van der Waals surface area contributed by atoms with E-state index in [1.165, 1.54) is 10.9 Å². The fourth-order valence-corrected chi connectivity index (χ4v) is 3.26. The van der Waals surface area contributed by atoms with Gasteiger partial charge in [0.1, 0.15) is 5.76 Å². The van der Waals surface area contributed by atoms with Crippen molar-refractivity contribution in [3.8, 4) is 0 Å². The van der Waals surface area contributed by atoms with Crippen LogP contribution in [0.25, 0.3) is 0 Å². The largest absolute Gasteiger partial charge is 0.475 e. The monoisotopic (exact) mass is 291 g/mol. The van der Waals surface area contributed by atoms with Gasteiger partial charge in [-0.1, -0.05) is 0 Å². The molecule has 2 aromatic rings. The number of carbonyl (C=O) groups is 2. The molecule has 3 heterocycles. The third-order valence-corrected chi connectivity index (χ3v) is 4.26. The fourth-order valence-electron chi connectivity index (χ4n) is 2.34.